The van der Waals surface area contributed by atoms with Gasteiger partial charge in [0.15, 0.2) is 8.32 Å². The van der Waals surface area contributed by atoms with Crippen LogP contribution in [0.4, 0.5) is 0 Å². The molecule has 0 fully saturated rings. The maximum absolute atomic E-state index is 11.3. The zero-order chi connectivity index (χ0) is 16.6. The maximum atomic E-state index is 11.3. The maximum Gasteiger partial charge on any atom is 0.192 e. The van der Waals surface area contributed by atoms with E-state index in [2.05, 4.69) is 0 Å². The Balaban J connectivity index is 5.50. The highest BCUT2D eigenvalue weighted by molar-refractivity contribution is 6.74. The first kappa shape index (κ1) is 6.43. The second kappa shape index (κ2) is 4.15. The molecule has 3 heteroatoms. The van der Waals surface area contributed by atoms with Crippen LogP contribution in [0.5, 0.6) is 0 Å². The van der Waals surface area contributed by atoms with Crippen LogP contribution in [0.3, 0.4) is 0 Å². The summed E-state index contributed by atoms with van der Waals surface area (Å²) in [6, 6.07) is 0. The summed E-state index contributed by atoms with van der Waals surface area (Å²) in [5.74, 6) is 0. The van der Waals surface area contributed by atoms with E-state index in [-0.39, 0.29) is 11.3 Å². The lowest BCUT2D eigenvalue weighted by Crippen LogP contribution is -2.43. The van der Waals surface area contributed by atoms with Crippen molar-refractivity contribution in [1.29, 1.82) is 0 Å². The molecule has 0 aromatic carbocycles. The van der Waals surface area contributed by atoms with Crippen LogP contribution in [0.25, 0.3) is 0 Å². The molecule has 0 unspecified atom stereocenters. The van der Waals surface area contributed by atoms with E-state index < -0.39 is 34.0 Å². The molecule has 0 spiro atoms. The van der Waals surface area contributed by atoms with E-state index in [1.54, 1.807) is 0 Å². The third-order valence-corrected chi connectivity index (χ3v) is 7.15. The highest BCUT2D eigenvalue weighted by Gasteiger charge is 2.38. The van der Waals surface area contributed by atoms with Crippen LogP contribution >= 0.6 is 0 Å². The molecule has 0 N–H and O–H groups in total. The van der Waals surface area contributed by atoms with E-state index in [9.17, 15) is 4.79 Å². The Morgan fingerprint density at radius 3 is 2.14 bits per heavy atom. The molecule has 0 aromatic heterocycles. The molecular weight excluding hydrogens is 192 g/mol. The van der Waals surface area contributed by atoms with Crippen molar-refractivity contribution < 1.29 is 17.4 Å². The summed E-state index contributed by atoms with van der Waals surface area (Å²) < 4.78 is 50.3. The minimum Gasteiger partial charge on any atom is -0.416 e. The predicted molar refractivity (Wildman–Crippen MR) is 63.0 cm³/mol. The fraction of sp³-hybridized carbons (Fsp3) is 0.909. The first-order valence-electron chi connectivity index (χ1n) is 7.62. The summed E-state index contributed by atoms with van der Waals surface area (Å²) in [7, 11) is -2.35. The minimum atomic E-state index is -2.94. The third-order valence-electron chi connectivity index (χ3n) is 2.67. The number of rotatable bonds is 4. The number of carbonyl (C=O) groups excluding carboxylic acids is 1. The van der Waals surface area contributed by atoms with Gasteiger partial charge >= 0.3 is 0 Å². The van der Waals surface area contributed by atoms with Gasteiger partial charge in [-0.2, -0.15) is 0 Å². The zero-order valence-corrected chi connectivity index (χ0v) is 10.6. The fourth-order valence-corrected chi connectivity index (χ4v) is 1.57. The Hall–Kier alpha value is -0.153. The predicted octanol–water partition coefficient (Wildman–Crippen LogP) is 3.23. The second-order valence-corrected chi connectivity index (χ2v) is 9.95. The molecule has 0 saturated heterocycles. The molecule has 0 rings (SSSR count). The highest BCUT2D eigenvalue weighted by atomic mass is 28.4. The van der Waals surface area contributed by atoms with E-state index in [1.807, 2.05) is 33.9 Å². The summed E-state index contributed by atoms with van der Waals surface area (Å²) in [5, 5.41) is -0.203. The lowest BCUT2D eigenvalue weighted by atomic mass is 9.98. The minimum absolute atomic E-state index is 0.0140. The molecule has 0 atom stereocenters. The molecule has 0 saturated carbocycles. The van der Waals surface area contributed by atoms with Crippen molar-refractivity contribution in [2.75, 3.05) is 6.61 Å². The molecule has 0 heterocycles. The van der Waals surface area contributed by atoms with Crippen LogP contribution in [0.1, 0.15) is 42.7 Å². The van der Waals surface area contributed by atoms with Crippen LogP contribution in [-0.4, -0.2) is 21.2 Å². The summed E-state index contributed by atoms with van der Waals surface area (Å²) >= 11 is 0. The Morgan fingerprint density at radius 1 is 1.36 bits per heavy atom. The van der Waals surface area contributed by atoms with Crippen molar-refractivity contribution >= 4 is 14.6 Å². The van der Waals surface area contributed by atoms with E-state index in [4.69, 9.17) is 12.7 Å². The van der Waals surface area contributed by atoms with Gasteiger partial charge in [-0.15, -0.1) is 0 Å². The van der Waals surface area contributed by atoms with Crippen molar-refractivity contribution in [3.63, 3.8) is 0 Å². The van der Waals surface area contributed by atoms with Gasteiger partial charge in [-0.05, 0) is 18.1 Å². The molecule has 2 nitrogen and oxygen atoms in total. The van der Waals surface area contributed by atoms with Crippen molar-refractivity contribution in [2.24, 2.45) is 5.41 Å². The lowest BCUT2D eigenvalue weighted by molar-refractivity contribution is -0.116. The Bertz CT molecular complexity index is 339. The summed E-state index contributed by atoms with van der Waals surface area (Å²) in [6.45, 7) is 3.11. The highest BCUT2D eigenvalue weighted by Crippen LogP contribution is 2.37. The molecule has 0 aliphatic rings. The average Bonchev–Trinajstić information content (AvgIpc) is 2.12. The van der Waals surface area contributed by atoms with E-state index in [1.165, 1.54) is 0 Å². The van der Waals surface area contributed by atoms with Crippen LogP contribution in [0.2, 0.25) is 18.1 Å². The van der Waals surface area contributed by atoms with Crippen LogP contribution in [0.15, 0.2) is 0 Å². The van der Waals surface area contributed by atoms with Crippen LogP contribution < -0.4 is 0 Å². The van der Waals surface area contributed by atoms with Crippen LogP contribution in [-0.2, 0) is 9.22 Å². The Labute approximate surface area is 97.6 Å². The van der Waals surface area contributed by atoms with E-state index >= 15 is 0 Å². The monoisotopic (exact) mass is 222 g/mol. The van der Waals surface area contributed by atoms with Gasteiger partial charge in [0.1, 0.15) is 6.29 Å². The number of hydrogen-bond donors (Lipinski definition) is 0. The normalized spacial score (nSPS) is 22.4. The molecule has 0 radical (unpaired) electrons. The van der Waals surface area contributed by atoms with Crippen LogP contribution in [0, 0.1) is 5.41 Å². The quantitative estimate of drug-likeness (QED) is 0.539. The van der Waals surface area contributed by atoms with Crippen molar-refractivity contribution in [3.8, 4) is 0 Å². The molecule has 84 valence electrons. The summed E-state index contributed by atoms with van der Waals surface area (Å²) in [4.78, 5) is 11.3. The average molecular weight is 222 g/mol. The first-order valence-corrected chi connectivity index (χ1v) is 7.53. The van der Waals surface area contributed by atoms with Crippen molar-refractivity contribution in [3.05, 3.63) is 0 Å². The molecular formula is C11H24O2Si. The molecule has 0 aromatic rings. The second-order valence-electron chi connectivity index (χ2n) is 5.14. The zero-order valence-electron chi connectivity index (χ0n) is 15.6. The smallest absolute Gasteiger partial charge is 0.192 e. The van der Waals surface area contributed by atoms with Gasteiger partial charge < -0.3 is 9.22 Å². The standard InChI is InChI=1S/C11H24O2Si/c1-10(2,3)14(6,7)13-9-11(4,5)8-12/h8H,9H2,1-7H3/i4D3,5D3. The van der Waals surface area contributed by atoms with E-state index in [0.717, 1.165) is 0 Å². The molecule has 0 aliphatic carbocycles. The summed E-state index contributed by atoms with van der Waals surface area (Å²) in [5.41, 5.74) is -2.48. The topological polar surface area (TPSA) is 26.3 Å². The number of carbonyl (C=O) groups is 1. The van der Waals surface area contributed by atoms with Gasteiger partial charge in [0.25, 0.3) is 0 Å². The SMILES string of the molecule is [2H]C([2H])([2H])C(C=O)(CO[Si](C)(C)C(C)(C)C)C([2H])([2H])[2H]. The lowest BCUT2D eigenvalue weighted by Gasteiger charge is -2.37. The van der Waals surface area contributed by atoms with E-state index in [0.29, 0.717) is 0 Å². The van der Waals surface area contributed by atoms with Crippen molar-refractivity contribution in [2.45, 2.75) is 52.6 Å². The van der Waals surface area contributed by atoms with Gasteiger partial charge in [-0.25, -0.2) is 0 Å². The van der Waals surface area contributed by atoms with Gasteiger partial charge in [0.05, 0.1) is 0 Å². The van der Waals surface area contributed by atoms with Gasteiger partial charge in [0, 0.05) is 20.2 Å². The van der Waals surface area contributed by atoms with Gasteiger partial charge in [-0.3, -0.25) is 0 Å². The number of hydrogen-bond acceptors (Lipinski definition) is 2. The largest absolute Gasteiger partial charge is 0.416 e. The fourth-order valence-electron chi connectivity index (χ4n) is 0.545. The van der Waals surface area contributed by atoms with Gasteiger partial charge in [-0.1, -0.05) is 34.5 Å². The number of aldehydes is 1. The Morgan fingerprint density at radius 2 is 1.86 bits per heavy atom. The summed E-state index contributed by atoms with van der Waals surface area (Å²) in [6.07, 6.45) is 0.0140. The first-order chi connectivity index (χ1) is 8.52. The molecule has 14 heavy (non-hydrogen) atoms. The third kappa shape index (κ3) is 3.92. The Kier molecular flexibility index (Phi) is 1.91. The van der Waals surface area contributed by atoms with Gasteiger partial charge in [0.2, 0.25) is 0 Å². The molecule has 0 amide bonds. The molecule has 0 aliphatic heterocycles. The molecule has 0 bridgehead atoms. The van der Waals surface area contributed by atoms with Crippen molar-refractivity contribution in [1.82, 2.24) is 0 Å².